The third kappa shape index (κ3) is 4.62. The highest BCUT2D eigenvalue weighted by Crippen LogP contribution is 2.29. The van der Waals surface area contributed by atoms with E-state index in [9.17, 15) is 4.79 Å². The Morgan fingerprint density at radius 1 is 1.07 bits per heavy atom. The molecule has 1 aliphatic rings. The van der Waals surface area contributed by atoms with Crippen molar-refractivity contribution in [2.24, 2.45) is 5.92 Å². The van der Waals surface area contributed by atoms with Crippen molar-refractivity contribution in [1.82, 2.24) is 4.90 Å². The van der Waals surface area contributed by atoms with Crippen LogP contribution >= 0.6 is 0 Å². The Labute approximate surface area is 173 Å². The number of aryl methyl sites for hydroxylation is 1. The number of piperidine rings is 1. The van der Waals surface area contributed by atoms with E-state index in [1.165, 1.54) is 36.0 Å². The molecule has 1 aromatic heterocycles. The molecule has 0 radical (unpaired) electrons. The summed E-state index contributed by atoms with van der Waals surface area (Å²) in [5, 5.41) is 1.09. The number of benzene rings is 2. The van der Waals surface area contributed by atoms with Crippen LogP contribution in [0, 0.1) is 12.8 Å². The van der Waals surface area contributed by atoms with Gasteiger partial charge in [0.05, 0.1) is 0 Å². The molecule has 1 saturated heterocycles. The average Bonchev–Trinajstić information content (AvgIpc) is 2.69. The van der Waals surface area contributed by atoms with Crippen LogP contribution in [0.4, 0.5) is 0 Å². The molecule has 0 atom stereocenters. The molecule has 2 heterocycles. The monoisotopic (exact) mass is 389 g/mol. The van der Waals surface area contributed by atoms with Crippen LogP contribution in [-0.4, -0.2) is 18.0 Å². The fourth-order valence-corrected chi connectivity index (χ4v) is 4.68. The Hall–Kier alpha value is -2.39. The number of likely N-dealkylation sites (tertiary alicyclic amines) is 1. The highest BCUT2D eigenvalue weighted by molar-refractivity contribution is 5.82. The van der Waals surface area contributed by atoms with Crippen molar-refractivity contribution in [2.75, 3.05) is 13.1 Å². The maximum Gasteiger partial charge on any atom is 0.336 e. The molecule has 2 aromatic carbocycles. The molecule has 0 unspecified atom stereocenters. The lowest BCUT2D eigenvalue weighted by Gasteiger charge is -2.32. The van der Waals surface area contributed by atoms with Gasteiger partial charge in [-0.15, -0.1) is 0 Å². The zero-order valence-corrected chi connectivity index (χ0v) is 17.8. The number of hydrogen-bond donors (Lipinski definition) is 0. The second kappa shape index (κ2) is 8.54. The van der Waals surface area contributed by atoms with Crippen LogP contribution in [0.25, 0.3) is 11.0 Å². The summed E-state index contributed by atoms with van der Waals surface area (Å²) in [4.78, 5) is 14.6. The van der Waals surface area contributed by atoms with Crippen molar-refractivity contribution in [2.45, 2.75) is 52.5 Å². The molecule has 29 heavy (non-hydrogen) atoms. The molecule has 0 spiro atoms. The molecule has 1 aliphatic heterocycles. The SMILES string of the molecule is Cc1cc2oc(=O)cc(CN3CCC(Cc4ccccc4)CC3)c2cc1C(C)C. The van der Waals surface area contributed by atoms with E-state index in [-0.39, 0.29) is 5.63 Å². The zero-order chi connectivity index (χ0) is 20.4. The molecule has 0 N–H and O–H groups in total. The summed E-state index contributed by atoms with van der Waals surface area (Å²) < 4.78 is 5.52. The lowest BCUT2D eigenvalue weighted by molar-refractivity contribution is 0.177. The van der Waals surface area contributed by atoms with Gasteiger partial charge in [-0.25, -0.2) is 4.79 Å². The third-order valence-corrected chi connectivity index (χ3v) is 6.31. The van der Waals surface area contributed by atoms with E-state index in [4.69, 9.17) is 4.42 Å². The van der Waals surface area contributed by atoms with E-state index in [2.05, 4.69) is 62.1 Å². The van der Waals surface area contributed by atoms with Gasteiger partial charge in [0.1, 0.15) is 5.58 Å². The molecule has 0 aliphatic carbocycles. The third-order valence-electron chi connectivity index (χ3n) is 6.31. The Morgan fingerprint density at radius 3 is 2.48 bits per heavy atom. The second-order valence-electron chi connectivity index (χ2n) is 8.86. The van der Waals surface area contributed by atoms with Gasteiger partial charge in [0.25, 0.3) is 0 Å². The van der Waals surface area contributed by atoms with Crippen LogP contribution in [0.2, 0.25) is 0 Å². The number of fused-ring (bicyclic) bond motifs is 1. The van der Waals surface area contributed by atoms with Crippen LogP contribution in [0.1, 0.15) is 54.9 Å². The number of rotatable bonds is 5. The van der Waals surface area contributed by atoms with Crippen LogP contribution < -0.4 is 5.63 Å². The summed E-state index contributed by atoms with van der Waals surface area (Å²) in [7, 11) is 0. The minimum absolute atomic E-state index is 0.247. The predicted octanol–water partition coefficient (Wildman–Crippen LogP) is 5.68. The molecular weight excluding hydrogens is 358 g/mol. The van der Waals surface area contributed by atoms with Gasteiger partial charge in [-0.3, -0.25) is 4.90 Å². The second-order valence-corrected chi connectivity index (χ2v) is 8.86. The van der Waals surface area contributed by atoms with Gasteiger partial charge >= 0.3 is 5.63 Å². The van der Waals surface area contributed by atoms with Crippen molar-refractivity contribution in [1.29, 1.82) is 0 Å². The maximum atomic E-state index is 12.1. The Balaban J connectivity index is 1.49. The van der Waals surface area contributed by atoms with Crippen molar-refractivity contribution in [3.8, 4) is 0 Å². The van der Waals surface area contributed by atoms with Gasteiger partial charge < -0.3 is 4.42 Å². The standard InChI is InChI=1S/C26H31NO2/c1-18(2)23-16-24-22(15-26(28)29-25(24)13-19(23)3)17-27-11-9-21(10-12-27)14-20-7-5-4-6-8-20/h4-8,13,15-16,18,21H,9-12,14,17H2,1-3H3. The van der Waals surface area contributed by atoms with E-state index in [1.54, 1.807) is 6.07 Å². The Morgan fingerprint density at radius 2 is 1.79 bits per heavy atom. The molecule has 3 heteroatoms. The lowest BCUT2D eigenvalue weighted by atomic mass is 9.90. The fraction of sp³-hybridized carbons (Fsp3) is 0.423. The summed E-state index contributed by atoms with van der Waals surface area (Å²) in [6.45, 7) is 9.51. The predicted molar refractivity (Wildman–Crippen MR) is 119 cm³/mol. The van der Waals surface area contributed by atoms with Gasteiger partial charge in [-0.05, 0) is 85.5 Å². The van der Waals surface area contributed by atoms with Crippen LogP contribution in [0.3, 0.4) is 0 Å². The van der Waals surface area contributed by atoms with Crippen LogP contribution in [0.15, 0.2) is 57.7 Å². The van der Waals surface area contributed by atoms with Gasteiger partial charge in [0, 0.05) is 18.0 Å². The van der Waals surface area contributed by atoms with Crippen molar-refractivity contribution in [3.05, 3.63) is 81.2 Å². The summed E-state index contributed by atoms with van der Waals surface area (Å²) in [6, 6.07) is 16.8. The summed E-state index contributed by atoms with van der Waals surface area (Å²) in [6.07, 6.45) is 3.60. The zero-order valence-electron chi connectivity index (χ0n) is 17.8. The minimum atomic E-state index is -0.247. The van der Waals surface area contributed by atoms with Crippen molar-refractivity contribution < 1.29 is 4.42 Å². The van der Waals surface area contributed by atoms with E-state index < -0.39 is 0 Å². The van der Waals surface area contributed by atoms with E-state index >= 15 is 0 Å². The molecule has 152 valence electrons. The maximum absolute atomic E-state index is 12.1. The molecular formula is C26H31NO2. The Bertz CT molecular complexity index is 1030. The molecule has 0 bridgehead atoms. The topological polar surface area (TPSA) is 33.5 Å². The van der Waals surface area contributed by atoms with Crippen LogP contribution in [0.5, 0.6) is 0 Å². The average molecular weight is 390 g/mol. The lowest BCUT2D eigenvalue weighted by Crippen LogP contribution is -2.34. The van der Waals surface area contributed by atoms with Crippen LogP contribution in [-0.2, 0) is 13.0 Å². The van der Waals surface area contributed by atoms with Crippen molar-refractivity contribution >= 4 is 11.0 Å². The van der Waals surface area contributed by atoms with E-state index in [1.807, 2.05) is 6.07 Å². The summed E-state index contributed by atoms with van der Waals surface area (Å²) >= 11 is 0. The molecule has 0 amide bonds. The van der Waals surface area contributed by atoms with Gasteiger partial charge in [-0.1, -0.05) is 44.2 Å². The smallest absolute Gasteiger partial charge is 0.336 e. The molecule has 3 nitrogen and oxygen atoms in total. The molecule has 4 rings (SSSR count). The normalized spacial score (nSPS) is 16.0. The van der Waals surface area contributed by atoms with Gasteiger partial charge in [0.15, 0.2) is 0 Å². The first-order chi connectivity index (χ1) is 14.0. The first kappa shape index (κ1) is 19.9. The summed E-state index contributed by atoms with van der Waals surface area (Å²) in [5.41, 5.74) is 5.52. The number of hydrogen-bond acceptors (Lipinski definition) is 3. The van der Waals surface area contributed by atoms with E-state index in [0.717, 1.165) is 36.5 Å². The molecule has 3 aromatic rings. The highest BCUT2D eigenvalue weighted by Gasteiger charge is 2.21. The van der Waals surface area contributed by atoms with Gasteiger partial charge in [-0.2, -0.15) is 0 Å². The van der Waals surface area contributed by atoms with Crippen molar-refractivity contribution in [3.63, 3.8) is 0 Å². The minimum Gasteiger partial charge on any atom is -0.423 e. The fourth-order valence-electron chi connectivity index (χ4n) is 4.68. The van der Waals surface area contributed by atoms with Gasteiger partial charge in [0.2, 0.25) is 0 Å². The molecule has 0 saturated carbocycles. The highest BCUT2D eigenvalue weighted by atomic mass is 16.4. The molecule has 1 fully saturated rings. The number of nitrogens with zero attached hydrogens (tertiary/aromatic N) is 1. The quantitative estimate of drug-likeness (QED) is 0.526. The largest absolute Gasteiger partial charge is 0.423 e. The first-order valence-electron chi connectivity index (χ1n) is 10.8. The van der Waals surface area contributed by atoms with E-state index in [0.29, 0.717) is 11.5 Å². The summed E-state index contributed by atoms with van der Waals surface area (Å²) in [5.74, 6) is 1.20. The first-order valence-corrected chi connectivity index (χ1v) is 10.8. The Kier molecular flexibility index (Phi) is 5.86.